The van der Waals surface area contributed by atoms with E-state index in [0.29, 0.717) is 13.1 Å². The van der Waals surface area contributed by atoms with Crippen LogP contribution >= 0.6 is 0 Å². The van der Waals surface area contributed by atoms with Crippen molar-refractivity contribution >= 4 is 23.5 Å². The number of anilines is 1. The average Bonchev–Trinajstić information content (AvgIpc) is 2.81. The molecule has 134 valence electrons. The molecular weight excluding hydrogens is 324 g/mol. The summed E-state index contributed by atoms with van der Waals surface area (Å²) in [7, 11) is 1.64. The summed E-state index contributed by atoms with van der Waals surface area (Å²) in [6.07, 6.45) is 0.848. The highest BCUT2D eigenvalue weighted by Crippen LogP contribution is 2.20. The molecule has 8 heteroatoms. The van der Waals surface area contributed by atoms with Crippen LogP contribution in [0.3, 0.4) is 0 Å². The second-order valence-corrected chi connectivity index (χ2v) is 6.14. The highest BCUT2D eigenvalue weighted by molar-refractivity contribution is 6.05. The normalized spacial score (nSPS) is 20.8. The summed E-state index contributed by atoms with van der Waals surface area (Å²) >= 11 is 0. The number of hydrogen-bond donors (Lipinski definition) is 2. The van der Waals surface area contributed by atoms with E-state index in [0.717, 1.165) is 30.9 Å². The molecule has 0 bridgehead atoms. The van der Waals surface area contributed by atoms with Gasteiger partial charge in [-0.3, -0.25) is 14.9 Å². The highest BCUT2D eigenvalue weighted by Gasteiger charge is 2.33. The van der Waals surface area contributed by atoms with Crippen molar-refractivity contribution in [1.82, 2.24) is 15.5 Å². The molecule has 2 saturated heterocycles. The third-order valence-electron chi connectivity index (χ3n) is 4.52. The van der Waals surface area contributed by atoms with Gasteiger partial charge in [0.05, 0.1) is 13.5 Å². The topological polar surface area (TPSA) is 91.0 Å². The quantitative estimate of drug-likeness (QED) is 0.767. The molecule has 2 heterocycles. The molecule has 25 heavy (non-hydrogen) atoms. The lowest BCUT2D eigenvalue weighted by atomic mass is 10.2. The molecule has 0 aliphatic carbocycles. The van der Waals surface area contributed by atoms with E-state index < -0.39 is 18.0 Å². The lowest BCUT2D eigenvalue weighted by Gasteiger charge is -2.24. The predicted molar refractivity (Wildman–Crippen MR) is 91.5 cm³/mol. The summed E-state index contributed by atoms with van der Waals surface area (Å²) in [6.45, 7) is 2.82. The molecule has 2 aliphatic rings. The third-order valence-corrected chi connectivity index (χ3v) is 4.52. The van der Waals surface area contributed by atoms with Crippen LogP contribution in [0.15, 0.2) is 24.3 Å². The summed E-state index contributed by atoms with van der Waals surface area (Å²) in [5, 5.41) is 4.61. The van der Waals surface area contributed by atoms with Crippen molar-refractivity contribution in [2.24, 2.45) is 0 Å². The van der Waals surface area contributed by atoms with Gasteiger partial charge in [-0.15, -0.1) is 0 Å². The monoisotopic (exact) mass is 346 g/mol. The number of amides is 4. The van der Waals surface area contributed by atoms with Crippen LogP contribution in [0.5, 0.6) is 5.75 Å². The van der Waals surface area contributed by atoms with Crippen LogP contribution in [0.4, 0.5) is 10.5 Å². The fourth-order valence-corrected chi connectivity index (χ4v) is 3.12. The zero-order chi connectivity index (χ0) is 17.8. The Morgan fingerprint density at radius 2 is 1.92 bits per heavy atom. The largest absolute Gasteiger partial charge is 0.497 e. The zero-order valence-electron chi connectivity index (χ0n) is 14.2. The molecule has 0 aromatic heterocycles. The number of methoxy groups -OCH3 is 1. The van der Waals surface area contributed by atoms with Crippen LogP contribution < -0.4 is 20.3 Å². The van der Waals surface area contributed by atoms with Crippen molar-refractivity contribution < 1.29 is 19.1 Å². The summed E-state index contributed by atoms with van der Waals surface area (Å²) in [5.41, 5.74) is 1.09. The molecule has 4 amide bonds. The molecule has 1 aromatic rings. The van der Waals surface area contributed by atoms with E-state index in [1.807, 2.05) is 24.3 Å². The first-order valence-corrected chi connectivity index (χ1v) is 8.35. The first-order valence-electron chi connectivity index (χ1n) is 8.35. The smallest absolute Gasteiger partial charge is 0.322 e. The standard InChI is InChI=1S/C17H22N4O4/c1-25-13-5-3-12(4-6-13)20-7-2-8-21(10-9-20)15(22)11-14-16(23)19-17(24)18-14/h3-6,14H,2,7-11H2,1H3,(H2,18,19,23,24)/t14-/m0/s1. The zero-order valence-corrected chi connectivity index (χ0v) is 14.2. The van der Waals surface area contributed by atoms with Gasteiger partial charge in [0, 0.05) is 31.9 Å². The Bertz CT molecular complexity index is 661. The molecule has 0 radical (unpaired) electrons. The van der Waals surface area contributed by atoms with Crippen LogP contribution in [-0.2, 0) is 9.59 Å². The lowest BCUT2D eigenvalue weighted by molar-refractivity contribution is -0.133. The van der Waals surface area contributed by atoms with Gasteiger partial charge < -0.3 is 19.9 Å². The van der Waals surface area contributed by atoms with Crippen LogP contribution in [0.25, 0.3) is 0 Å². The van der Waals surface area contributed by atoms with Gasteiger partial charge in [-0.1, -0.05) is 0 Å². The summed E-state index contributed by atoms with van der Waals surface area (Å²) in [5.74, 6) is 0.263. The van der Waals surface area contributed by atoms with Gasteiger partial charge in [0.1, 0.15) is 11.8 Å². The second-order valence-electron chi connectivity index (χ2n) is 6.14. The number of rotatable bonds is 4. The minimum Gasteiger partial charge on any atom is -0.497 e. The summed E-state index contributed by atoms with van der Waals surface area (Å²) in [4.78, 5) is 39.2. The molecule has 0 saturated carbocycles. The van der Waals surface area contributed by atoms with E-state index in [2.05, 4.69) is 15.5 Å². The highest BCUT2D eigenvalue weighted by atomic mass is 16.5. The van der Waals surface area contributed by atoms with Crippen molar-refractivity contribution in [3.8, 4) is 5.75 Å². The van der Waals surface area contributed by atoms with Gasteiger partial charge in [0.25, 0.3) is 5.91 Å². The first kappa shape index (κ1) is 17.1. The van der Waals surface area contributed by atoms with Gasteiger partial charge in [0.2, 0.25) is 5.91 Å². The molecule has 2 fully saturated rings. The average molecular weight is 346 g/mol. The molecule has 0 unspecified atom stereocenters. The summed E-state index contributed by atoms with van der Waals surface area (Å²) < 4.78 is 5.18. The number of carbonyl (C=O) groups is 3. The minimum atomic E-state index is -0.763. The first-order chi connectivity index (χ1) is 12.1. The number of nitrogens with one attached hydrogen (secondary N) is 2. The van der Waals surface area contributed by atoms with E-state index in [1.54, 1.807) is 12.0 Å². The van der Waals surface area contributed by atoms with Crippen molar-refractivity contribution in [3.63, 3.8) is 0 Å². The number of hydrogen-bond acceptors (Lipinski definition) is 5. The van der Waals surface area contributed by atoms with E-state index in [1.165, 1.54) is 0 Å². The van der Waals surface area contributed by atoms with Crippen LogP contribution in [-0.4, -0.2) is 62.1 Å². The molecule has 2 N–H and O–H groups in total. The third kappa shape index (κ3) is 4.01. The van der Waals surface area contributed by atoms with E-state index in [4.69, 9.17) is 4.74 Å². The van der Waals surface area contributed by atoms with Crippen LogP contribution in [0, 0.1) is 0 Å². The Balaban J connectivity index is 1.56. The van der Waals surface area contributed by atoms with Gasteiger partial charge >= 0.3 is 6.03 Å². The Hall–Kier alpha value is -2.77. The Labute approximate surface area is 146 Å². The van der Waals surface area contributed by atoms with Crippen LogP contribution in [0.2, 0.25) is 0 Å². The summed E-state index contributed by atoms with van der Waals surface area (Å²) in [6, 6.07) is 6.56. The van der Waals surface area contributed by atoms with Crippen molar-refractivity contribution in [2.45, 2.75) is 18.9 Å². The van der Waals surface area contributed by atoms with Gasteiger partial charge in [-0.2, -0.15) is 0 Å². The van der Waals surface area contributed by atoms with E-state index in [-0.39, 0.29) is 12.3 Å². The number of imide groups is 1. The van der Waals surface area contributed by atoms with E-state index >= 15 is 0 Å². The van der Waals surface area contributed by atoms with Gasteiger partial charge in [-0.05, 0) is 30.7 Å². The number of nitrogens with zero attached hydrogens (tertiary/aromatic N) is 2. The second kappa shape index (κ2) is 7.42. The molecule has 3 rings (SSSR count). The number of urea groups is 1. The SMILES string of the molecule is COc1ccc(N2CCCN(C(=O)C[C@@H]3NC(=O)NC3=O)CC2)cc1. The lowest BCUT2D eigenvalue weighted by Crippen LogP contribution is -2.40. The van der Waals surface area contributed by atoms with E-state index in [9.17, 15) is 14.4 Å². The number of benzene rings is 1. The van der Waals surface area contributed by atoms with Crippen LogP contribution in [0.1, 0.15) is 12.8 Å². The molecule has 0 spiro atoms. The maximum atomic E-state index is 12.4. The van der Waals surface area contributed by atoms with Crippen molar-refractivity contribution in [1.29, 1.82) is 0 Å². The molecular formula is C17H22N4O4. The van der Waals surface area contributed by atoms with Gasteiger partial charge in [-0.25, -0.2) is 4.79 Å². The molecule has 2 aliphatic heterocycles. The maximum absolute atomic E-state index is 12.4. The molecule has 8 nitrogen and oxygen atoms in total. The number of ether oxygens (including phenoxy) is 1. The van der Waals surface area contributed by atoms with Crippen molar-refractivity contribution in [2.75, 3.05) is 38.2 Å². The fraction of sp³-hybridized carbons (Fsp3) is 0.471. The molecule has 1 aromatic carbocycles. The maximum Gasteiger partial charge on any atom is 0.322 e. The number of carbonyl (C=O) groups excluding carboxylic acids is 3. The Kier molecular flexibility index (Phi) is 5.06. The fourth-order valence-electron chi connectivity index (χ4n) is 3.12. The van der Waals surface area contributed by atoms with Gasteiger partial charge in [0.15, 0.2) is 0 Å². The predicted octanol–water partition coefficient (Wildman–Crippen LogP) is 0.332. The minimum absolute atomic E-state index is 0.000108. The Morgan fingerprint density at radius 1 is 1.16 bits per heavy atom. The molecule has 1 atom stereocenters. The van der Waals surface area contributed by atoms with Crippen molar-refractivity contribution in [3.05, 3.63) is 24.3 Å². The Morgan fingerprint density at radius 3 is 2.56 bits per heavy atom.